The van der Waals surface area contributed by atoms with Crippen molar-refractivity contribution in [3.8, 4) is 0 Å². The molecule has 0 radical (unpaired) electrons. The van der Waals surface area contributed by atoms with E-state index in [-0.39, 0.29) is 11.1 Å². The van der Waals surface area contributed by atoms with Gasteiger partial charge in [-0.15, -0.1) is 0 Å². The first-order chi connectivity index (χ1) is 19.2. The molecule has 4 saturated heterocycles. The summed E-state index contributed by atoms with van der Waals surface area (Å²) in [6, 6.07) is 1.77. The van der Waals surface area contributed by atoms with Crippen molar-refractivity contribution in [1.82, 2.24) is 10.6 Å². The van der Waals surface area contributed by atoms with Gasteiger partial charge in [0, 0.05) is 44.1 Å². The summed E-state index contributed by atoms with van der Waals surface area (Å²) in [6.45, 7) is 8.84. The Hall–Kier alpha value is -1.46. The lowest BCUT2D eigenvalue weighted by Gasteiger charge is -2.33. The largest absolute Gasteiger partial charge is 0.309 e. The summed E-state index contributed by atoms with van der Waals surface area (Å²) < 4.78 is 0. The molecule has 4 heterocycles. The summed E-state index contributed by atoms with van der Waals surface area (Å²) in [4.78, 5) is 5.83. The van der Waals surface area contributed by atoms with Crippen molar-refractivity contribution in [3.63, 3.8) is 0 Å². The molecule has 2 unspecified atom stereocenters. The van der Waals surface area contributed by atoms with Gasteiger partial charge in [0.25, 0.3) is 0 Å². The first kappa shape index (κ1) is 33.0. The lowest BCUT2D eigenvalue weighted by molar-refractivity contribution is 0.267. The summed E-state index contributed by atoms with van der Waals surface area (Å²) in [5.41, 5.74) is 17.8. The molecule has 2 atom stereocenters. The van der Waals surface area contributed by atoms with Crippen LogP contribution in [0.3, 0.4) is 0 Å². The molecule has 0 aromatic heterocycles. The van der Waals surface area contributed by atoms with Crippen molar-refractivity contribution in [2.75, 3.05) is 0 Å². The Morgan fingerprint density at radius 1 is 0.600 bits per heavy atom. The molecule has 2 aliphatic carbocycles. The van der Waals surface area contributed by atoms with E-state index >= 15 is 0 Å². The zero-order chi connectivity index (χ0) is 29.0. The van der Waals surface area contributed by atoms with E-state index in [1.807, 2.05) is 6.92 Å². The van der Waals surface area contributed by atoms with Crippen LogP contribution in [0, 0.1) is 0 Å². The highest BCUT2D eigenvalue weighted by Crippen LogP contribution is 2.38. The van der Waals surface area contributed by atoms with Crippen LogP contribution in [0.1, 0.15) is 169 Å². The van der Waals surface area contributed by atoms with Gasteiger partial charge in [0.15, 0.2) is 0 Å². The van der Waals surface area contributed by atoms with Gasteiger partial charge in [0.05, 0.1) is 0 Å². The molecule has 6 aliphatic rings. The van der Waals surface area contributed by atoms with E-state index in [1.54, 1.807) is 0 Å². The number of rotatable bonds is 4. The van der Waals surface area contributed by atoms with E-state index in [9.17, 15) is 0 Å². The van der Waals surface area contributed by atoms with E-state index in [0.29, 0.717) is 11.1 Å². The van der Waals surface area contributed by atoms with Crippen LogP contribution >= 0.6 is 0 Å². The van der Waals surface area contributed by atoms with E-state index in [4.69, 9.17) is 11.1 Å². The second kappa shape index (κ2) is 15.7. The Labute approximate surface area is 244 Å². The minimum atomic E-state index is -0.0625. The average molecular weight is 557 g/mol. The monoisotopic (exact) mass is 556 g/mol. The molecule has 0 aromatic rings. The molecule has 4 aliphatic heterocycles. The third-order valence-corrected chi connectivity index (χ3v) is 11.2. The number of fused-ring (bicyclic) bond motifs is 4. The lowest BCUT2D eigenvalue weighted by atomic mass is 9.84. The quantitative estimate of drug-likeness (QED) is 0.155. The highest BCUT2D eigenvalue weighted by Gasteiger charge is 2.40. The van der Waals surface area contributed by atoms with Gasteiger partial charge < -0.3 is 10.6 Å². The second-order valence-electron chi connectivity index (χ2n) is 14.3. The van der Waals surface area contributed by atoms with E-state index in [1.165, 1.54) is 109 Å². The Morgan fingerprint density at radius 2 is 1.15 bits per heavy atom. The standard InChI is InChI=1S/C9H17N3.C9H17N.C7H13N3.C7H13N/c1-2-9(11-12-10)7-5-3-4-6-8-9;1-2-9-6-3-4-8(10-9)5-7-9;1-7(9-10-8)5-3-2-4-6-7;1-7-4-2-6(8-7)3-5-7/h2-8H2,1H3;8,10H,2-7H2,1H3;2-6H2,1H3;6,8H,2-5H2,1H3. The van der Waals surface area contributed by atoms with E-state index in [0.717, 1.165) is 44.2 Å². The molecular weight excluding hydrogens is 496 g/mol. The summed E-state index contributed by atoms with van der Waals surface area (Å²) >= 11 is 0. The average Bonchev–Trinajstić information content (AvgIpc) is 3.56. The minimum Gasteiger partial charge on any atom is -0.309 e. The van der Waals surface area contributed by atoms with Crippen molar-refractivity contribution in [3.05, 3.63) is 20.9 Å². The molecule has 6 fully saturated rings. The highest BCUT2D eigenvalue weighted by atomic mass is 15.2. The minimum absolute atomic E-state index is 0.0365. The fraction of sp³-hybridized carbons (Fsp3) is 1.00. The molecule has 0 aromatic carbocycles. The van der Waals surface area contributed by atoms with Crippen molar-refractivity contribution < 1.29 is 0 Å². The number of hydrogen-bond donors (Lipinski definition) is 2. The van der Waals surface area contributed by atoms with Gasteiger partial charge >= 0.3 is 0 Å². The maximum Gasteiger partial charge on any atom is 0.0485 e. The second-order valence-corrected chi connectivity index (χ2v) is 14.3. The molecule has 2 saturated carbocycles. The summed E-state index contributed by atoms with van der Waals surface area (Å²) in [6.07, 6.45) is 28.3. The number of nitrogens with one attached hydrogen (secondary N) is 2. The smallest absolute Gasteiger partial charge is 0.0485 e. The van der Waals surface area contributed by atoms with Gasteiger partial charge in [-0.2, -0.15) is 0 Å². The van der Waals surface area contributed by atoms with Crippen molar-refractivity contribution in [2.24, 2.45) is 10.2 Å². The Bertz CT molecular complexity index is 835. The highest BCUT2D eigenvalue weighted by molar-refractivity contribution is 5.01. The maximum absolute atomic E-state index is 8.46. The van der Waals surface area contributed by atoms with E-state index < -0.39 is 0 Å². The Kier molecular flexibility index (Phi) is 13.0. The van der Waals surface area contributed by atoms with Crippen LogP contribution in [0.25, 0.3) is 20.9 Å². The first-order valence-corrected chi connectivity index (χ1v) is 16.9. The van der Waals surface area contributed by atoms with Crippen molar-refractivity contribution in [1.29, 1.82) is 0 Å². The lowest BCUT2D eigenvalue weighted by Crippen LogP contribution is -2.45. The molecule has 2 N–H and O–H groups in total. The SMILES string of the molecule is CC1(N=[N+]=[N-])CCCCC1.CC12CCC(CC1)N2.CCC1(N=[N+]=[N-])CCCCCC1.CCC12CCCC(CC1)N2. The van der Waals surface area contributed by atoms with Crippen LogP contribution in [-0.4, -0.2) is 34.2 Å². The predicted molar refractivity (Wildman–Crippen MR) is 167 cm³/mol. The zero-order valence-electron chi connectivity index (χ0n) is 26.4. The molecule has 228 valence electrons. The molecular formula is C32H60N8. The van der Waals surface area contributed by atoms with Gasteiger partial charge in [0.2, 0.25) is 0 Å². The van der Waals surface area contributed by atoms with Crippen LogP contribution in [0.4, 0.5) is 0 Å². The number of azide groups is 2. The fourth-order valence-corrected chi connectivity index (χ4v) is 8.15. The third kappa shape index (κ3) is 9.82. The number of hydrogen-bond acceptors (Lipinski definition) is 4. The van der Waals surface area contributed by atoms with Gasteiger partial charge in [-0.1, -0.05) is 82.4 Å². The van der Waals surface area contributed by atoms with Crippen molar-refractivity contribution >= 4 is 0 Å². The molecule has 0 amide bonds. The van der Waals surface area contributed by atoms with E-state index in [2.05, 4.69) is 51.5 Å². The summed E-state index contributed by atoms with van der Waals surface area (Å²) in [7, 11) is 0. The molecule has 8 heteroatoms. The van der Waals surface area contributed by atoms with Crippen LogP contribution in [0.15, 0.2) is 10.2 Å². The molecule has 4 bridgehead atoms. The Balaban J connectivity index is 0.000000148. The maximum atomic E-state index is 8.46. The molecule has 0 spiro atoms. The molecule has 8 nitrogen and oxygen atoms in total. The third-order valence-electron chi connectivity index (χ3n) is 11.2. The van der Waals surface area contributed by atoms with Crippen LogP contribution in [0.2, 0.25) is 0 Å². The zero-order valence-corrected chi connectivity index (χ0v) is 26.4. The predicted octanol–water partition coefficient (Wildman–Crippen LogP) is 10.2. The Morgan fingerprint density at radius 3 is 1.60 bits per heavy atom. The van der Waals surface area contributed by atoms with Crippen LogP contribution in [-0.2, 0) is 0 Å². The van der Waals surface area contributed by atoms with Gasteiger partial charge in [0.1, 0.15) is 0 Å². The first-order valence-electron chi connectivity index (χ1n) is 16.9. The topological polar surface area (TPSA) is 122 Å². The van der Waals surface area contributed by atoms with Crippen molar-refractivity contribution in [2.45, 2.75) is 203 Å². The molecule has 40 heavy (non-hydrogen) atoms. The van der Waals surface area contributed by atoms with Gasteiger partial charge in [-0.05, 0) is 108 Å². The van der Waals surface area contributed by atoms with Crippen LogP contribution < -0.4 is 10.6 Å². The normalized spacial score (nSPS) is 34.6. The van der Waals surface area contributed by atoms with Gasteiger partial charge in [-0.3, -0.25) is 0 Å². The summed E-state index contributed by atoms with van der Waals surface area (Å²) in [5.74, 6) is 0. The number of piperidine rings is 1. The summed E-state index contributed by atoms with van der Waals surface area (Å²) in [5, 5.41) is 15.1. The van der Waals surface area contributed by atoms with Gasteiger partial charge in [-0.25, -0.2) is 0 Å². The molecule has 6 rings (SSSR count). The number of nitrogens with zero attached hydrogens (tertiary/aromatic N) is 6. The fourth-order valence-electron chi connectivity index (χ4n) is 8.15. The van der Waals surface area contributed by atoms with Crippen LogP contribution in [0.5, 0.6) is 0 Å².